The fourth-order valence-electron chi connectivity index (χ4n) is 2.09. The lowest BCUT2D eigenvalue weighted by atomic mass is 10.3. The summed E-state index contributed by atoms with van der Waals surface area (Å²) in [4.78, 5) is 13.7. The molecule has 0 radical (unpaired) electrons. The van der Waals surface area contributed by atoms with Gasteiger partial charge in [-0.3, -0.25) is 4.79 Å². The standard InChI is InChI=1S/C15H21NO5/c1-2-19-12-3-5-13(6-4-12)21-11-15(18)16-7-8-20-14(9-16)10-17/h3-6,14,17H,2,7-11H2,1H3. The first-order valence-electron chi connectivity index (χ1n) is 7.08. The summed E-state index contributed by atoms with van der Waals surface area (Å²) in [7, 11) is 0. The number of rotatable bonds is 6. The summed E-state index contributed by atoms with van der Waals surface area (Å²) in [5.41, 5.74) is 0. The van der Waals surface area contributed by atoms with Crippen LogP contribution in [0.3, 0.4) is 0 Å². The van der Waals surface area contributed by atoms with Crippen LogP contribution in [0.1, 0.15) is 6.92 Å². The minimum absolute atomic E-state index is 0.0217. The normalized spacial score (nSPS) is 18.4. The Kier molecular flexibility index (Phi) is 5.83. The van der Waals surface area contributed by atoms with E-state index in [0.717, 1.165) is 5.75 Å². The Balaban J connectivity index is 1.80. The lowest BCUT2D eigenvalue weighted by molar-refractivity contribution is -0.142. The first kappa shape index (κ1) is 15.6. The van der Waals surface area contributed by atoms with Gasteiger partial charge in [-0.2, -0.15) is 0 Å². The number of carbonyl (C=O) groups is 1. The second-order valence-electron chi connectivity index (χ2n) is 4.71. The van der Waals surface area contributed by atoms with Crippen molar-refractivity contribution in [3.8, 4) is 11.5 Å². The smallest absolute Gasteiger partial charge is 0.260 e. The molecule has 1 aliphatic heterocycles. The van der Waals surface area contributed by atoms with Crippen molar-refractivity contribution in [3.05, 3.63) is 24.3 Å². The summed E-state index contributed by atoms with van der Waals surface area (Å²) in [6.45, 7) is 3.81. The van der Waals surface area contributed by atoms with E-state index in [4.69, 9.17) is 19.3 Å². The third kappa shape index (κ3) is 4.61. The van der Waals surface area contributed by atoms with Gasteiger partial charge in [0.15, 0.2) is 6.61 Å². The average molecular weight is 295 g/mol. The first-order valence-corrected chi connectivity index (χ1v) is 7.08. The van der Waals surface area contributed by atoms with Crippen LogP contribution in [0.15, 0.2) is 24.3 Å². The fraction of sp³-hybridized carbons (Fsp3) is 0.533. The highest BCUT2D eigenvalue weighted by Crippen LogP contribution is 2.17. The fourth-order valence-corrected chi connectivity index (χ4v) is 2.09. The van der Waals surface area contributed by atoms with Gasteiger partial charge in [-0.1, -0.05) is 0 Å². The monoisotopic (exact) mass is 295 g/mol. The van der Waals surface area contributed by atoms with Crippen LogP contribution in [0.2, 0.25) is 0 Å². The number of nitrogens with zero attached hydrogens (tertiary/aromatic N) is 1. The summed E-state index contributed by atoms with van der Waals surface area (Å²) in [5, 5.41) is 9.06. The molecule has 1 heterocycles. The van der Waals surface area contributed by atoms with Gasteiger partial charge in [-0.25, -0.2) is 0 Å². The first-order chi connectivity index (χ1) is 10.2. The molecule has 1 aliphatic rings. The molecule has 1 atom stereocenters. The van der Waals surface area contributed by atoms with Crippen molar-refractivity contribution in [2.45, 2.75) is 13.0 Å². The molecule has 0 saturated carbocycles. The molecule has 1 unspecified atom stereocenters. The zero-order valence-corrected chi connectivity index (χ0v) is 12.2. The maximum atomic E-state index is 12.0. The number of aliphatic hydroxyl groups excluding tert-OH is 1. The Morgan fingerprint density at radius 2 is 2.00 bits per heavy atom. The second-order valence-corrected chi connectivity index (χ2v) is 4.71. The zero-order valence-electron chi connectivity index (χ0n) is 12.2. The summed E-state index contributed by atoms with van der Waals surface area (Å²) >= 11 is 0. The van der Waals surface area contributed by atoms with E-state index in [0.29, 0.717) is 32.1 Å². The van der Waals surface area contributed by atoms with Crippen molar-refractivity contribution >= 4 is 5.91 Å². The van der Waals surface area contributed by atoms with E-state index in [1.165, 1.54) is 0 Å². The molecule has 1 aromatic carbocycles. The molecule has 21 heavy (non-hydrogen) atoms. The predicted molar refractivity (Wildman–Crippen MR) is 76.5 cm³/mol. The quantitative estimate of drug-likeness (QED) is 0.836. The molecule has 0 aliphatic carbocycles. The van der Waals surface area contributed by atoms with Crippen molar-refractivity contribution in [2.75, 3.05) is 39.5 Å². The molecule has 1 aromatic rings. The Morgan fingerprint density at radius 1 is 1.33 bits per heavy atom. The van der Waals surface area contributed by atoms with Gasteiger partial charge < -0.3 is 24.2 Å². The van der Waals surface area contributed by atoms with Gasteiger partial charge >= 0.3 is 0 Å². The van der Waals surface area contributed by atoms with E-state index in [-0.39, 0.29) is 25.2 Å². The van der Waals surface area contributed by atoms with Gasteiger partial charge in [0, 0.05) is 13.1 Å². The van der Waals surface area contributed by atoms with Gasteiger partial charge in [-0.15, -0.1) is 0 Å². The Morgan fingerprint density at radius 3 is 2.62 bits per heavy atom. The van der Waals surface area contributed by atoms with E-state index in [9.17, 15) is 4.79 Å². The van der Waals surface area contributed by atoms with Gasteiger partial charge in [0.2, 0.25) is 0 Å². The molecule has 1 N–H and O–H groups in total. The SMILES string of the molecule is CCOc1ccc(OCC(=O)N2CCOC(CO)C2)cc1. The highest BCUT2D eigenvalue weighted by Gasteiger charge is 2.23. The topological polar surface area (TPSA) is 68.2 Å². The van der Waals surface area contributed by atoms with Crippen LogP contribution in [0.5, 0.6) is 11.5 Å². The molecular weight excluding hydrogens is 274 g/mol. The number of hydrogen-bond acceptors (Lipinski definition) is 5. The minimum atomic E-state index is -0.298. The lowest BCUT2D eigenvalue weighted by Crippen LogP contribution is -2.48. The van der Waals surface area contributed by atoms with Crippen molar-refractivity contribution in [1.29, 1.82) is 0 Å². The molecule has 0 bridgehead atoms. The molecule has 1 saturated heterocycles. The lowest BCUT2D eigenvalue weighted by Gasteiger charge is -2.31. The Bertz CT molecular complexity index is 448. The number of hydrogen-bond donors (Lipinski definition) is 1. The van der Waals surface area contributed by atoms with E-state index in [1.807, 2.05) is 6.92 Å². The number of morpholine rings is 1. The largest absolute Gasteiger partial charge is 0.494 e. The maximum Gasteiger partial charge on any atom is 0.260 e. The summed E-state index contributed by atoms with van der Waals surface area (Å²) < 4.78 is 16.1. The van der Waals surface area contributed by atoms with Crippen LogP contribution >= 0.6 is 0 Å². The van der Waals surface area contributed by atoms with Gasteiger partial charge in [0.1, 0.15) is 11.5 Å². The van der Waals surface area contributed by atoms with Crippen molar-refractivity contribution in [1.82, 2.24) is 4.90 Å². The second kappa shape index (κ2) is 7.85. The number of benzene rings is 1. The predicted octanol–water partition coefficient (Wildman–Crippen LogP) is 0.684. The molecule has 6 nitrogen and oxygen atoms in total. The number of amides is 1. The molecule has 1 amide bonds. The third-order valence-corrected chi connectivity index (χ3v) is 3.19. The van der Waals surface area contributed by atoms with Crippen LogP contribution in [0, 0.1) is 0 Å². The average Bonchev–Trinajstić information content (AvgIpc) is 2.54. The van der Waals surface area contributed by atoms with Crippen molar-refractivity contribution < 1.29 is 24.1 Å². The number of aliphatic hydroxyl groups is 1. The Hall–Kier alpha value is -1.79. The van der Waals surface area contributed by atoms with Gasteiger partial charge in [-0.05, 0) is 31.2 Å². The van der Waals surface area contributed by atoms with Gasteiger partial charge in [0.05, 0.1) is 25.9 Å². The molecule has 0 aromatic heterocycles. The summed E-state index contributed by atoms with van der Waals surface area (Å²) in [6.07, 6.45) is -0.298. The number of ether oxygens (including phenoxy) is 3. The Labute approximate surface area is 124 Å². The van der Waals surface area contributed by atoms with Crippen LogP contribution < -0.4 is 9.47 Å². The van der Waals surface area contributed by atoms with E-state index in [1.54, 1.807) is 29.2 Å². The van der Waals surface area contributed by atoms with Crippen LogP contribution in [0.4, 0.5) is 0 Å². The van der Waals surface area contributed by atoms with E-state index >= 15 is 0 Å². The highest BCUT2D eigenvalue weighted by atomic mass is 16.5. The molecule has 116 valence electrons. The van der Waals surface area contributed by atoms with Crippen LogP contribution in [-0.2, 0) is 9.53 Å². The van der Waals surface area contributed by atoms with Crippen molar-refractivity contribution in [3.63, 3.8) is 0 Å². The minimum Gasteiger partial charge on any atom is -0.494 e. The van der Waals surface area contributed by atoms with Crippen molar-refractivity contribution in [2.24, 2.45) is 0 Å². The van der Waals surface area contributed by atoms with Crippen LogP contribution in [-0.4, -0.2) is 61.5 Å². The highest BCUT2D eigenvalue weighted by molar-refractivity contribution is 5.77. The molecule has 1 fully saturated rings. The molecule has 0 spiro atoms. The molecular formula is C15H21NO5. The van der Waals surface area contributed by atoms with E-state index in [2.05, 4.69) is 0 Å². The van der Waals surface area contributed by atoms with Crippen LogP contribution in [0.25, 0.3) is 0 Å². The maximum absolute atomic E-state index is 12.0. The summed E-state index contributed by atoms with van der Waals surface area (Å²) in [5.74, 6) is 1.29. The number of carbonyl (C=O) groups excluding carboxylic acids is 1. The molecule has 6 heteroatoms. The third-order valence-electron chi connectivity index (χ3n) is 3.19. The van der Waals surface area contributed by atoms with Gasteiger partial charge in [0.25, 0.3) is 5.91 Å². The van der Waals surface area contributed by atoms with E-state index < -0.39 is 0 Å². The summed E-state index contributed by atoms with van der Waals surface area (Å²) in [6, 6.07) is 7.15. The molecule has 2 rings (SSSR count). The zero-order chi connectivity index (χ0) is 15.1.